The zero-order valence-corrected chi connectivity index (χ0v) is 23.9. The van der Waals surface area contributed by atoms with Gasteiger partial charge in [-0.3, -0.25) is 9.59 Å². The van der Waals surface area contributed by atoms with E-state index in [9.17, 15) is 9.59 Å². The number of nitrogens with one attached hydrogen (secondary N) is 3. The molecule has 1 fully saturated rings. The Balaban J connectivity index is 1.15. The molecule has 0 radical (unpaired) electrons. The van der Waals surface area contributed by atoms with E-state index in [1.807, 2.05) is 84.1 Å². The molecule has 2 amide bonds. The molecule has 0 aliphatic heterocycles. The van der Waals surface area contributed by atoms with Gasteiger partial charge in [0.05, 0.1) is 0 Å². The zero-order chi connectivity index (χ0) is 27.7. The Morgan fingerprint density at radius 3 is 2.45 bits per heavy atom. The summed E-state index contributed by atoms with van der Waals surface area (Å²) >= 11 is 7.92. The van der Waals surface area contributed by atoms with Gasteiger partial charge in [-0.2, -0.15) is 0 Å². The quantitative estimate of drug-likeness (QED) is 0.155. The summed E-state index contributed by atoms with van der Waals surface area (Å²) in [5.74, 6) is 0.192. The number of rotatable bonds is 13. The minimum absolute atomic E-state index is 0.192. The first kappa shape index (κ1) is 28.1. The molecule has 3 N–H and O–H groups in total. The first-order chi connectivity index (χ1) is 19.6. The molecule has 0 saturated heterocycles. The van der Waals surface area contributed by atoms with Gasteiger partial charge in [0.2, 0.25) is 5.91 Å². The molecule has 5 nitrogen and oxygen atoms in total. The summed E-state index contributed by atoms with van der Waals surface area (Å²) in [6, 6.07) is 29.2. The molecule has 206 valence electrons. The van der Waals surface area contributed by atoms with E-state index < -0.39 is 6.04 Å². The summed E-state index contributed by atoms with van der Waals surface area (Å²) in [7, 11) is 0. The van der Waals surface area contributed by atoms with Crippen molar-refractivity contribution in [2.24, 2.45) is 0 Å². The average molecular weight is 572 g/mol. The van der Waals surface area contributed by atoms with Gasteiger partial charge in [-0.05, 0) is 84.6 Å². The van der Waals surface area contributed by atoms with Crippen LogP contribution in [-0.2, 0) is 11.3 Å². The van der Waals surface area contributed by atoms with Crippen molar-refractivity contribution in [1.29, 1.82) is 0 Å². The standard InChI is InChI=1S/C33H34ClN3O2S/c34-27-11-6-8-23(20-27)22-36-33(39)29(12-4-5-18-35-30-21-28(30)31-13-7-19-40-31)37-32(38)26-16-14-25(15-17-26)24-9-2-1-3-10-24/h1-3,6-11,13-17,19-20,28-30,35H,4-5,12,18,21-22H2,(H,36,39)(H,37,38)/t28-,29?,30-/m1/s1. The van der Waals surface area contributed by atoms with Crippen LogP contribution >= 0.6 is 22.9 Å². The molecule has 1 saturated carbocycles. The van der Waals surface area contributed by atoms with Crippen LogP contribution in [0.2, 0.25) is 5.02 Å². The Labute approximate surface area is 245 Å². The summed E-state index contributed by atoms with van der Waals surface area (Å²) in [5.41, 5.74) is 3.57. The monoisotopic (exact) mass is 571 g/mol. The molecule has 1 unspecified atom stereocenters. The number of carbonyl (C=O) groups is 2. The number of thiophene rings is 1. The third-order valence-corrected chi connectivity index (χ3v) is 8.50. The molecule has 5 rings (SSSR count). The van der Waals surface area contributed by atoms with Crippen molar-refractivity contribution in [3.63, 3.8) is 0 Å². The number of carbonyl (C=O) groups excluding carboxylic acids is 2. The third kappa shape index (κ3) is 7.81. The van der Waals surface area contributed by atoms with E-state index in [4.69, 9.17) is 11.6 Å². The van der Waals surface area contributed by atoms with Crippen LogP contribution in [-0.4, -0.2) is 30.4 Å². The Kier molecular flexibility index (Phi) is 9.66. The Bertz CT molecular complexity index is 1390. The molecule has 4 aromatic rings. The fourth-order valence-electron chi connectivity index (χ4n) is 4.91. The van der Waals surface area contributed by atoms with Gasteiger partial charge in [-0.25, -0.2) is 0 Å². The molecule has 7 heteroatoms. The minimum atomic E-state index is -0.625. The topological polar surface area (TPSA) is 70.2 Å². The van der Waals surface area contributed by atoms with Crippen molar-refractivity contribution in [3.05, 3.63) is 117 Å². The molecule has 1 aromatic heterocycles. The van der Waals surface area contributed by atoms with Crippen LogP contribution in [0, 0.1) is 0 Å². The van der Waals surface area contributed by atoms with Crippen LogP contribution in [0.5, 0.6) is 0 Å². The van der Waals surface area contributed by atoms with Gasteiger partial charge in [0.1, 0.15) is 6.04 Å². The summed E-state index contributed by atoms with van der Waals surface area (Å²) in [4.78, 5) is 27.8. The predicted molar refractivity (Wildman–Crippen MR) is 164 cm³/mol. The SMILES string of the molecule is O=C(NC(CCCCN[C@@H]1C[C@H]1c1cccs1)C(=O)NCc1cccc(Cl)c1)c1ccc(-c2ccccc2)cc1. The van der Waals surface area contributed by atoms with Gasteiger partial charge in [0, 0.05) is 34.0 Å². The van der Waals surface area contributed by atoms with Crippen LogP contribution < -0.4 is 16.0 Å². The van der Waals surface area contributed by atoms with Gasteiger partial charge in [-0.15, -0.1) is 11.3 Å². The van der Waals surface area contributed by atoms with Crippen LogP contribution in [0.25, 0.3) is 11.1 Å². The molecule has 0 bridgehead atoms. The maximum Gasteiger partial charge on any atom is 0.251 e. The second-order valence-electron chi connectivity index (χ2n) is 10.2. The minimum Gasteiger partial charge on any atom is -0.350 e. The van der Waals surface area contributed by atoms with Gasteiger partial charge in [-0.1, -0.05) is 72.3 Å². The number of hydrogen-bond donors (Lipinski definition) is 3. The molecule has 1 aliphatic carbocycles. The van der Waals surface area contributed by atoms with Crippen LogP contribution in [0.3, 0.4) is 0 Å². The van der Waals surface area contributed by atoms with Gasteiger partial charge >= 0.3 is 0 Å². The molecule has 40 heavy (non-hydrogen) atoms. The van der Waals surface area contributed by atoms with E-state index in [1.54, 1.807) is 6.07 Å². The molecule has 0 spiro atoms. The first-order valence-electron chi connectivity index (χ1n) is 13.8. The Hall–Kier alpha value is -3.45. The maximum absolute atomic E-state index is 13.2. The lowest BCUT2D eigenvalue weighted by molar-refractivity contribution is -0.123. The number of benzene rings is 3. The first-order valence-corrected chi connectivity index (χ1v) is 15.1. The average Bonchev–Trinajstić information content (AvgIpc) is 3.54. The lowest BCUT2D eigenvalue weighted by Crippen LogP contribution is -2.46. The molecular formula is C33H34ClN3O2S. The van der Waals surface area contributed by atoms with E-state index in [0.29, 0.717) is 35.5 Å². The Morgan fingerprint density at radius 1 is 0.900 bits per heavy atom. The van der Waals surface area contributed by atoms with E-state index in [2.05, 4.69) is 33.5 Å². The highest BCUT2D eigenvalue weighted by Gasteiger charge is 2.38. The van der Waals surface area contributed by atoms with Gasteiger partial charge in [0.25, 0.3) is 5.91 Å². The molecule has 3 atom stereocenters. The normalized spacial score (nSPS) is 16.7. The van der Waals surface area contributed by atoms with Crippen molar-refractivity contribution >= 4 is 34.8 Å². The van der Waals surface area contributed by atoms with Crippen molar-refractivity contribution in [2.75, 3.05) is 6.54 Å². The number of hydrogen-bond acceptors (Lipinski definition) is 4. The fraction of sp³-hybridized carbons (Fsp3) is 0.273. The smallest absolute Gasteiger partial charge is 0.251 e. The van der Waals surface area contributed by atoms with Crippen molar-refractivity contribution in [3.8, 4) is 11.1 Å². The highest BCUT2D eigenvalue weighted by atomic mass is 35.5. The van der Waals surface area contributed by atoms with E-state index in [1.165, 1.54) is 11.3 Å². The molecule has 1 aliphatic rings. The van der Waals surface area contributed by atoms with E-state index >= 15 is 0 Å². The number of unbranched alkanes of at least 4 members (excludes halogenated alkanes) is 1. The molecule has 1 heterocycles. The number of amides is 2. The third-order valence-electron chi connectivity index (χ3n) is 7.26. The second kappa shape index (κ2) is 13.8. The van der Waals surface area contributed by atoms with Crippen molar-refractivity contribution in [1.82, 2.24) is 16.0 Å². The maximum atomic E-state index is 13.2. The summed E-state index contributed by atoms with van der Waals surface area (Å²) < 4.78 is 0. The van der Waals surface area contributed by atoms with E-state index in [0.717, 1.165) is 36.1 Å². The largest absolute Gasteiger partial charge is 0.350 e. The second-order valence-corrected chi connectivity index (χ2v) is 11.6. The summed E-state index contributed by atoms with van der Waals surface area (Å²) in [5, 5.41) is 12.4. The van der Waals surface area contributed by atoms with Crippen LogP contribution in [0.1, 0.15) is 52.4 Å². The Morgan fingerprint density at radius 2 is 1.70 bits per heavy atom. The fourth-order valence-corrected chi connectivity index (χ4v) is 6.03. The highest BCUT2D eigenvalue weighted by molar-refractivity contribution is 7.10. The van der Waals surface area contributed by atoms with Crippen LogP contribution in [0.15, 0.2) is 96.4 Å². The zero-order valence-electron chi connectivity index (χ0n) is 22.3. The van der Waals surface area contributed by atoms with E-state index in [-0.39, 0.29) is 11.8 Å². The van der Waals surface area contributed by atoms with Gasteiger partial charge < -0.3 is 16.0 Å². The molecule has 3 aromatic carbocycles. The lowest BCUT2D eigenvalue weighted by atomic mass is 10.0. The van der Waals surface area contributed by atoms with Crippen LogP contribution in [0.4, 0.5) is 0 Å². The van der Waals surface area contributed by atoms with Gasteiger partial charge in [0.15, 0.2) is 0 Å². The summed E-state index contributed by atoms with van der Waals surface area (Å²) in [6.45, 7) is 1.25. The number of halogens is 1. The lowest BCUT2D eigenvalue weighted by Gasteiger charge is -2.19. The predicted octanol–water partition coefficient (Wildman–Crippen LogP) is 6.80. The molecular weight excluding hydrogens is 538 g/mol. The van der Waals surface area contributed by atoms with Crippen molar-refractivity contribution in [2.45, 2.75) is 50.2 Å². The highest BCUT2D eigenvalue weighted by Crippen LogP contribution is 2.42. The van der Waals surface area contributed by atoms with Crippen molar-refractivity contribution < 1.29 is 9.59 Å². The summed E-state index contributed by atoms with van der Waals surface area (Å²) in [6.07, 6.45) is 3.52.